The molecule has 194 valence electrons. The summed E-state index contributed by atoms with van der Waals surface area (Å²) >= 11 is 0. The van der Waals surface area contributed by atoms with Crippen molar-refractivity contribution < 1.29 is 4.74 Å². The van der Waals surface area contributed by atoms with Gasteiger partial charge in [-0.3, -0.25) is 0 Å². The van der Waals surface area contributed by atoms with E-state index in [9.17, 15) is 10.5 Å². The predicted molar refractivity (Wildman–Crippen MR) is 167 cm³/mol. The molecule has 0 aliphatic rings. The van der Waals surface area contributed by atoms with Gasteiger partial charge in [0.1, 0.15) is 17.9 Å². The van der Waals surface area contributed by atoms with Crippen LogP contribution in [0.2, 0.25) is 0 Å². The number of hydrogen-bond donors (Lipinski definition) is 0. The van der Waals surface area contributed by atoms with E-state index < -0.39 is 0 Å². The van der Waals surface area contributed by atoms with Crippen LogP contribution in [0.1, 0.15) is 22.3 Å². The standard InChI is InChI=1S/C37H25N3O/c1-41-31-20-18-30(19-21-31)40(28-7-3-2-4-8-28)29-16-13-26(14-17-29)11-12-27-15-22-34-35(23-27)32-9-5-6-10-33(32)36(24-38)37(34)25-39/h2-23H,1H3. The second kappa shape index (κ2) is 11.1. The highest BCUT2D eigenvalue weighted by Crippen LogP contribution is 2.36. The minimum atomic E-state index is 0.423. The van der Waals surface area contributed by atoms with Crippen LogP contribution in [-0.4, -0.2) is 7.11 Å². The summed E-state index contributed by atoms with van der Waals surface area (Å²) in [5.74, 6) is 0.818. The Kier molecular flexibility index (Phi) is 6.89. The van der Waals surface area contributed by atoms with Gasteiger partial charge in [0.15, 0.2) is 0 Å². The molecular weight excluding hydrogens is 502 g/mol. The number of benzene rings is 6. The Hall–Kier alpha value is -5.84. The summed E-state index contributed by atoms with van der Waals surface area (Å²) < 4.78 is 5.35. The molecule has 0 spiro atoms. The fraction of sp³-hybridized carbons (Fsp3) is 0.0270. The molecule has 0 saturated carbocycles. The largest absolute Gasteiger partial charge is 0.497 e. The van der Waals surface area contributed by atoms with Crippen LogP contribution in [0, 0.1) is 22.7 Å². The van der Waals surface area contributed by atoms with E-state index in [2.05, 4.69) is 83.8 Å². The summed E-state index contributed by atoms with van der Waals surface area (Å²) in [7, 11) is 1.67. The molecule has 6 aromatic carbocycles. The monoisotopic (exact) mass is 527 g/mol. The van der Waals surface area contributed by atoms with Crippen molar-refractivity contribution in [2.45, 2.75) is 0 Å². The number of hydrogen-bond acceptors (Lipinski definition) is 4. The summed E-state index contributed by atoms with van der Waals surface area (Å²) in [4.78, 5) is 2.21. The van der Waals surface area contributed by atoms with Crippen molar-refractivity contribution >= 4 is 50.8 Å². The van der Waals surface area contributed by atoms with Crippen LogP contribution in [0.3, 0.4) is 0 Å². The van der Waals surface area contributed by atoms with Crippen molar-refractivity contribution in [3.63, 3.8) is 0 Å². The molecule has 4 heteroatoms. The normalized spacial score (nSPS) is 10.9. The number of methoxy groups -OCH3 is 1. The van der Waals surface area contributed by atoms with Crippen molar-refractivity contribution in [2.24, 2.45) is 0 Å². The van der Waals surface area contributed by atoms with Crippen LogP contribution in [0.15, 0.2) is 121 Å². The van der Waals surface area contributed by atoms with Crippen molar-refractivity contribution in [3.05, 3.63) is 144 Å². The first kappa shape index (κ1) is 25.4. The number of anilines is 3. The maximum Gasteiger partial charge on any atom is 0.119 e. The second-order valence-electron chi connectivity index (χ2n) is 9.62. The van der Waals surface area contributed by atoms with Crippen molar-refractivity contribution in [3.8, 4) is 17.9 Å². The maximum atomic E-state index is 9.83. The van der Waals surface area contributed by atoms with Gasteiger partial charge in [-0.1, -0.05) is 78.9 Å². The zero-order chi connectivity index (χ0) is 28.2. The molecule has 0 radical (unpaired) electrons. The first-order valence-corrected chi connectivity index (χ1v) is 13.3. The summed E-state index contributed by atoms with van der Waals surface area (Å²) in [6.45, 7) is 0. The molecule has 0 atom stereocenters. The highest BCUT2D eigenvalue weighted by molar-refractivity contribution is 6.13. The summed E-state index contributed by atoms with van der Waals surface area (Å²) in [6.07, 6.45) is 4.16. The lowest BCUT2D eigenvalue weighted by atomic mass is 9.91. The van der Waals surface area contributed by atoms with E-state index in [1.165, 1.54) is 0 Å². The average Bonchev–Trinajstić information content (AvgIpc) is 3.04. The molecule has 0 aliphatic carbocycles. The minimum Gasteiger partial charge on any atom is -0.497 e. The molecule has 6 rings (SSSR count). The molecule has 0 aliphatic heterocycles. The van der Waals surface area contributed by atoms with E-state index in [0.29, 0.717) is 11.1 Å². The number of fused-ring (bicyclic) bond motifs is 3. The van der Waals surface area contributed by atoms with Crippen molar-refractivity contribution in [1.82, 2.24) is 0 Å². The van der Waals surface area contributed by atoms with Crippen LogP contribution in [-0.2, 0) is 0 Å². The Morgan fingerprint density at radius 1 is 0.537 bits per heavy atom. The number of nitriles is 2. The van der Waals surface area contributed by atoms with E-state index in [-0.39, 0.29) is 0 Å². The SMILES string of the molecule is COc1ccc(N(c2ccccc2)c2ccc(C=Cc3ccc4c(C#N)c(C#N)c5ccccc5c4c3)cc2)cc1. The van der Waals surface area contributed by atoms with Gasteiger partial charge in [-0.25, -0.2) is 0 Å². The van der Waals surface area contributed by atoms with Gasteiger partial charge >= 0.3 is 0 Å². The van der Waals surface area contributed by atoms with Gasteiger partial charge < -0.3 is 9.64 Å². The molecule has 0 unspecified atom stereocenters. The van der Waals surface area contributed by atoms with Gasteiger partial charge in [0.2, 0.25) is 0 Å². The van der Waals surface area contributed by atoms with Crippen LogP contribution in [0.4, 0.5) is 17.1 Å². The van der Waals surface area contributed by atoms with Gasteiger partial charge in [0.05, 0.1) is 18.2 Å². The Morgan fingerprint density at radius 3 is 1.68 bits per heavy atom. The Labute approximate surface area is 239 Å². The molecule has 0 aromatic heterocycles. The highest BCUT2D eigenvalue weighted by atomic mass is 16.5. The molecule has 41 heavy (non-hydrogen) atoms. The number of ether oxygens (including phenoxy) is 1. The molecule has 0 saturated heterocycles. The topological polar surface area (TPSA) is 60.0 Å². The third kappa shape index (κ3) is 4.87. The van der Waals surface area contributed by atoms with Gasteiger partial charge in [-0.05, 0) is 76.5 Å². The third-order valence-electron chi connectivity index (χ3n) is 7.24. The van der Waals surface area contributed by atoms with Crippen LogP contribution in [0.25, 0.3) is 33.7 Å². The number of nitrogens with zero attached hydrogens (tertiary/aromatic N) is 3. The van der Waals surface area contributed by atoms with Gasteiger partial charge in [-0.15, -0.1) is 0 Å². The second-order valence-corrected chi connectivity index (χ2v) is 9.62. The van der Waals surface area contributed by atoms with Gasteiger partial charge in [0, 0.05) is 27.8 Å². The fourth-order valence-corrected chi connectivity index (χ4v) is 5.23. The number of para-hydroxylation sites is 1. The lowest BCUT2D eigenvalue weighted by Gasteiger charge is -2.25. The van der Waals surface area contributed by atoms with E-state index in [0.717, 1.165) is 55.5 Å². The molecule has 0 bridgehead atoms. The van der Waals surface area contributed by atoms with Crippen LogP contribution >= 0.6 is 0 Å². The van der Waals surface area contributed by atoms with E-state index in [1.54, 1.807) is 7.11 Å². The Morgan fingerprint density at radius 2 is 1.05 bits per heavy atom. The first-order valence-electron chi connectivity index (χ1n) is 13.3. The molecule has 6 aromatic rings. The Balaban J connectivity index is 1.34. The summed E-state index contributed by atoms with van der Waals surface area (Å²) in [5.41, 5.74) is 6.10. The van der Waals surface area contributed by atoms with Gasteiger partial charge in [-0.2, -0.15) is 10.5 Å². The van der Waals surface area contributed by atoms with Crippen molar-refractivity contribution in [1.29, 1.82) is 10.5 Å². The summed E-state index contributed by atoms with van der Waals surface area (Å²) in [5, 5.41) is 23.1. The first-order chi connectivity index (χ1) is 20.2. The smallest absolute Gasteiger partial charge is 0.119 e. The quantitative estimate of drug-likeness (QED) is 0.160. The fourth-order valence-electron chi connectivity index (χ4n) is 5.23. The lowest BCUT2D eigenvalue weighted by Crippen LogP contribution is -2.09. The molecule has 0 N–H and O–H groups in total. The zero-order valence-corrected chi connectivity index (χ0v) is 22.5. The van der Waals surface area contributed by atoms with Gasteiger partial charge in [0.25, 0.3) is 0 Å². The zero-order valence-electron chi connectivity index (χ0n) is 22.5. The Bertz CT molecular complexity index is 1980. The van der Waals surface area contributed by atoms with Crippen molar-refractivity contribution in [2.75, 3.05) is 12.0 Å². The molecule has 0 amide bonds. The third-order valence-corrected chi connectivity index (χ3v) is 7.24. The van der Waals surface area contributed by atoms with Crippen LogP contribution in [0.5, 0.6) is 5.75 Å². The predicted octanol–water partition coefficient (Wildman–Crippen LogP) is 9.39. The highest BCUT2D eigenvalue weighted by Gasteiger charge is 2.14. The molecular formula is C37H25N3O. The molecule has 0 fully saturated rings. The lowest BCUT2D eigenvalue weighted by molar-refractivity contribution is 0.415. The van der Waals surface area contributed by atoms with Crippen LogP contribution < -0.4 is 9.64 Å². The number of rotatable bonds is 6. The minimum absolute atomic E-state index is 0.423. The summed E-state index contributed by atoms with van der Waals surface area (Å²) in [6, 6.07) is 45.1. The maximum absolute atomic E-state index is 9.83. The average molecular weight is 528 g/mol. The van der Waals surface area contributed by atoms with E-state index >= 15 is 0 Å². The molecule has 0 heterocycles. The van der Waals surface area contributed by atoms with E-state index in [1.807, 2.05) is 66.7 Å². The van der Waals surface area contributed by atoms with E-state index in [4.69, 9.17) is 4.74 Å². The molecule has 4 nitrogen and oxygen atoms in total.